The molecule has 19 heavy (non-hydrogen) atoms. The van der Waals surface area contributed by atoms with Crippen molar-refractivity contribution in [3.8, 4) is 0 Å². The summed E-state index contributed by atoms with van der Waals surface area (Å²) >= 11 is 0. The molecule has 0 bridgehead atoms. The number of rotatable bonds is 5. The van der Waals surface area contributed by atoms with Gasteiger partial charge < -0.3 is 10.4 Å². The van der Waals surface area contributed by atoms with E-state index < -0.39 is 5.97 Å². The average Bonchev–Trinajstić information content (AvgIpc) is 2.65. The van der Waals surface area contributed by atoms with E-state index in [1.807, 2.05) is 0 Å². The molecule has 5 nitrogen and oxygen atoms in total. The van der Waals surface area contributed by atoms with E-state index in [0.29, 0.717) is 11.5 Å². The number of aromatic nitrogens is 2. The Bertz CT molecular complexity index is 503. The van der Waals surface area contributed by atoms with Crippen LogP contribution in [0, 0.1) is 6.92 Å². The summed E-state index contributed by atoms with van der Waals surface area (Å²) in [5.74, 6) is -0.327. The van der Waals surface area contributed by atoms with Gasteiger partial charge in [-0.25, -0.2) is 4.79 Å². The van der Waals surface area contributed by atoms with Crippen molar-refractivity contribution in [1.29, 1.82) is 0 Å². The lowest BCUT2D eigenvalue weighted by molar-refractivity contribution is 0.0697. The van der Waals surface area contributed by atoms with Crippen LogP contribution in [0.25, 0.3) is 0 Å². The predicted octanol–water partition coefficient (Wildman–Crippen LogP) is 2.73. The molecule has 0 amide bonds. The first-order valence-corrected chi connectivity index (χ1v) is 6.78. The van der Waals surface area contributed by atoms with Crippen LogP contribution in [0.4, 0.5) is 5.82 Å². The molecule has 0 saturated heterocycles. The van der Waals surface area contributed by atoms with Gasteiger partial charge in [-0.1, -0.05) is 11.6 Å². The number of hydrogen-bond acceptors (Lipinski definition) is 3. The van der Waals surface area contributed by atoms with Crippen LogP contribution in [0.5, 0.6) is 0 Å². The quantitative estimate of drug-likeness (QED) is 0.802. The highest BCUT2D eigenvalue weighted by molar-refractivity contribution is 5.94. The molecule has 0 fully saturated rings. The molecule has 1 aliphatic rings. The summed E-state index contributed by atoms with van der Waals surface area (Å²) in [5.41, 5.74) is 2.31. The van der Waals surface area contributed by atoms with Crippen LogP contribution in [-0.2, 0) is 7.05 Å². The van der Waals surface area contributed by atoms with Gasteiger partial charge in [0.2, 0.25) is 0 Å². The zero-order valence-corrected chi connectivity index (χ0v) is 11.6. The maximum atomic E-state index is 11.2. The molecule has 2 N–H and O–H groups in total. The second-order valence-electron chi connectivity index (χ2n) is 5.02. The first kappa shape index (κ1) is 13.6. The van der Waals surface area contributed by atoms with Crippen molar-refractivity contribution in [2.45, 2.75) is 39.0 Å². The number of nitrogens with zero attached hydrogens (tertiary/aromatic N) is 2. The summed E-state index contributed by atoms with van der Waals surface area (Å²) in [6.45, 7) is 2.48. The van der Waals surface area contributed by atoms with E-state index in [2.05, 4.69) is 16.5 Å². The van der Waals surface area contributed by atoms with Crippen molar-refractivity contribution >= 4 is 11.8 Å². The van der Waals surface area contributed by atoms with Gasteiger partial charge in [-0.05, 0) is 39.0 Å². The van der Waals surface area contributed by atoms with Crippen LogP contribution < -0.4 is 5.32 Å². The molecule has 1 aromatic heterocycles. The zero-order chi connectivity index (χ0) is 13.8. The van der Waals surface area contributed by atoms with Crippen LogP contribution in [0.2, 0.25) is 0 Å². The van der Waals surface area contributed by atoms with Crippen molar-refractivity contribution in [3.05, 3.63) is 22.9 Å². The van der Waals surface area contributed by atoms with Crippen molar-refractivity contribution in [3.63, 3.8) is 0 Å². The van der Waals surface area contributed by atoms with Gasteiger partial charge in [0.25, 0.3) is 0 Å². The molecule has 0 aromatic carbocycles. The van der Waals surface area contributed by atoms with E-state index >= 15 is 0 Å². The topological polar surface area (TPSA) is 67.2 Å². The van der Waals surface area contributed by atoms with Crippen LogP contribution in [0.15, 0.2) is 11.6 Å². The third-order valence-electron chi connectivity index (χ3n) is 3.56. The molecule has 2 rings (SSSR count). The van der Waals surface area contributed by atoms with Crippen molar-refractivity contribution in [2.75, 3.05) is 11.9 Å². The Morgan fingerprint density at radius 1 is 1.53 bits per heavy atom. The maximum absolute atomic E-state index is 11.2. The Labute approximate surface area is 113 Å². The summed E-state index contributed by atoms with van der Waals surface area (Å²) in [5, 5.41) is 16.6. The number of carboxylic acids is 1. The average molecular weight is 263 g/mol. The van der Waals surface area contributed by atoms with Gasteiger partial charge in [0, 0.05) is 13.6 Å². The molecule has 1 aliphatic carbocycles. The maximum Gasteiger partial charge on any atom is 0.341 e. The summed E-state index contributed by atoms with van der Waals surface area (Å²) in [7, 11) is 1.77. The largest absolute Gasteiger partial charge is 0.477 e. The highest BCUT2D eigenvalue weighted by Crippen LogP contribution is 2.22. The van der Waals surface area contributed by atoms with Crippen LogP contribution in [0.3, 0.4) is 0 Å². The van der Waals surface area contributed by atoms with Gasteiger partial charge in [0.15, 0.2) is 0 Å². The lowest BCUT2D eigenvalue weighted by Crippen LogP contribution is -2.11. The third-order valence-corrected chi connectivity index (χ3v) is 3.56. The van der Waals surface area contributed by atoms with Gasteiger partial charge in [0.1, 0.15) is 11.4 Å². The molecule has 1 heterocycles. The normalized spacial score (nSPS) is 15.2. The van der Waals surface area contributed by atoms with Crippen LogP contribution >= 0.6 is 0 Å². The molecule has 5 heteroatoms. The molecule has 0 spiro atoms. The van der Waals surface area contributed by atoms with Crippen molar-refractivity contribution in [1.82, 2.24) is 9.78 Å². The van der Waals surface area contributed by atoms with Crippen molar-refractivity contribution in [2.24, 2.45) is 7.05 Å². The number of anilines is 1. The van der Waals surface area contributed by atoms with E-state index in [1.54, 1.807) is 18.7 Å². The van der Waals surface area contributed by atoms with E-state index in [1.165, 1.54) is 31.3 Å². The number of allylic oxidation sites excluding steroid dienone is 1. The molecular formula is C14H21N3O2. The SMILES string of the molecule is Cc1nn(C)c(NCCC2=CCCCC2)c1C(=O)O. The van der Waals surface area contributed by atoms with Gasteiger partial charge in [-0.15, -0.1) is 0 Å². The second-order valence-corrected chi connectivity index (χ2v) is 5.02. The van der Waals surface area contributed by atoms with E-state index in [-0.39, 0.29) is 5.56 Å². The lowest BCUT2D eigenvalue weighted by Gasteiger charge is -2.13. The molecule has 0 atom stereocenters. The standard InChI is InChI=1S/C14H21N3O2/c1-10-12(14(18)19)13(17(2)16-10)15-9-8-11-6-4-3-5-7-11/h6,15H,3-5,7-9H2,1-2H3,(H,18,19). The Hall–Kier alpha value is -1.78. The van der Waals surface area contributed by atoms with Gasteiger partial charge >= 0.3 is 5.97 Å². The summed E-state index contributed by atoms with van der Waals surface area (Å²) in [6.07, 6.45) is 8.22. The molecule has 0 saturated carbocycles. The summed E-state index contributed by atoms with van der Waals surface area (Å²) in [4.78, 5) is 11.2. The minimum Gasteiger partial charge on any atom is -0.477 e. The molecule has 104 valence electrons. The van der Waals surface area contributed by atoms with Crippen LogP contribution in [0.1, 0.15) is 48.2 Å². The molecule has 0 aliphatic heterocycles. The van der Waals surface area contributed by atoms with E-state index in [0.717, 1.165) is 13.0 Å². The third kappa shape index (κ3) is 3.16. The minimum absolute atomic E-state index is 0.278. The van der Waals surface area contributed by atoms with E-state index in [9.17, 15) is 9.90 Å². The number of carbonyl (C=O) groups is 1. The monoisotopic (exact) mass is 263 g/mol. The minimum atomic E-state index is -0.926. The highest BCUT2D eigenvalue weighted by Gasteiger charge is 2.19. The van der Waals surface area contributed by atoms with Gasteiger partial charge in [-0.2, -0.15) is 5.10 Å². The number of aryl methyl sites for hydroxylation is 2. The molecule has 0 unspecified atom stereocenters. The van der Waals surface area contributed by atoms with Gasteiger partial charge in [-0.3, -0.25) is 4.68 Å². The highest BCUT2D eigenvalue weighted by atomic mass is 16.4. The number of nitrogens with one attached hydrogen (secondary N) is 1. The Kier molecular flexibility index (Phi) is 4.24. The fourth-order valence-corrected chi connectivity index (χ4v) is 2.59. The lowest BCUT2D eigenvalue weighted by atomic mass is 9.97. The molecular weight excluding hydrogens is 242 g/mol. The molecule has 0 radical (unpaired) electrons. The Balaban J connectivity index is 1.99. The summed E-state index contributed by atoms with van der Waals surface area (Å²) < 4.78 is 1.61. The second kappa shape index (κ2) is 5.91. The van der Waals surface area contributed by atoms with Crippen molar-refractivity contribution < 1.29 is 9.90 Å². The fraction of sp³-hybridized carbons (Fsp3) is 0.571. The summed E-state index contributed by atoms with van der Waals surface area (Å²) in [6, 6.07) is 0. The smallest absolute Gasteiger partial charge is 0.341 e. The van der Waals surface area contributed by atoms with Gasteiger partial charge in [0.05, 0.1) is 5.69 Å². The zero-order valence-electron chi connectivity index (χ0n) is 11.6. The van der Waals surface area contributed by atoms with E-state index in [4.69, 9.17) is 0 Å². The number of carboxylic acid groups (broad SMARTS) is 1. The first-order valence-electron chi connectivity index (χ1n) is 6.78. The Morgan fingerprint density at radius 2 is 2.32 bits per heavy atom. The molecule has 1 aromatic rings. The fourth-order valence-electron chi connectivity index (χ4n) is 2.59. The number of hydrogen-bond donors (Lipinski definition) is 2. The Morgan fingerprint density at radius 3 is 2.95 bits per heavy atom. The first-order chi connectivity index (χ1) is 9.09. The number of aromatic carboxylic acids is 1. The predicted molar refractivity (Wildman–Crippen MR) is 74.6 cm³/mol. The van der Waals surface area contributed by atoms with Crippen LogP contribution in [-0.4, -0.2) is 27.4 Å².